The lowest BCUT2D eigenvalue weighted by atomic mass is 9.96. The highest BCUT2D eigenvalue weighted by molar-refractivity contribution is 7.84. The van der Waals surface area contributed by atoms with E-state index in [0.29, 0.717) is 25.1 Å². The van der Waals surface area contributed by atoms with Crippen LogP contribution in [0.1, 0.15) is 33.6 Å². The smallest absolute Gasteiger partial charge is 0.245 e. The highest BCUT2D eigenvalue weighted by atomic mass is 32.2. The summed E-state index contributed by atoms with van der Waals surface area (Å²) >= 11 is 0. The van der Waals surface area contributed by atoms with E-state index in [2.05, 4.69) is 5.32 Å². The molecule has 1 heterocycles. The minimum atomic E-state index is -0.861. The van der Waals surface area contributed by atoms with Gasteiger partial charge in [-0.05, 0) is 18.8 Å². The highest BCUT2D eigenvalue weighted by Gasteiger charge is 2.40. The summed E-state index contributed by atoms with van der Waals surface area (Å²) in [5, 5.41) is 2.79. The highest BCUT2D eigenvalue weighted by Crippen LogP contribution is 2.19. The third-order valence-electron chi connectivity index (χ3n) is 3.37. The first-order valence-electron chi connectivity index (χ1n) is 6.79. The average Bonchev–Trinajstić information content (AvgIpc) is 2.31. The standard InChI is InChI=1S/C13H24N2O3S/c1-5-10-13(17)15(7-6-8-19(4)18)11(9(2)3)12(16)14-10/h9-11H,5-8H2,1-4H3,(H,14,16). The van der Waals surface area contributed by atoms with E-state index in [0.717, 1.165) is 0 Å². The SMILES string of the molecule is CCC1NC(=O)C(C(C)C)N(CCCS(C)=O)C1=O. The van der Waals surface area contributed by atoms with Gasteiger partial charge in [0.05, 0.1) is 0 Å². The van der Waals surface area contributed by atoms with Gasteiger partial charge in [0.15, 0.2) is 0 Å². The zero-order chi connectivity index (χ0) is 14.6. The van der Waals surface area contributed by atoms with Gasteiger partial charge in [-0.15, -0.1) is 0 Å². The van der Waals surface area contributed by atoms with E-state index in [4.69, 9.17) is 0 Å². The van der Waals surface area contributed by atoms with E-state index in [9.17, 15) is 13.8 Å². The van der Waals surface area contributed by atoms with Crippen molar-refractivity contribution in [2.24, 2.45) is 5.92 Å². The van der Waals surface area contributed by atoms with Crippen molar-refractivity contribution in [3.8, 4) is 0 Å². The topological polar surface area (TPSA) is 66.5 Å². The Kier molecular flexibility index (Phi) is 5.97. The Hall–Kier alpha value is -0.910. The van der Waals surface area contributed by atoms with Crippen molar-refractivity contribution in [2.75, 3.05) is 18.6 Å². The number of hydrogen-bond donors (Lipinski definition) is 1. The quantitative estimate of drug-likeness (QED) is 0.775. The Morgan fingerprint density at radius 2 is 2.00 bits per heavy atom. The largest absolute Gasteiger partial charge is 0.343 e. The van der Waals surface area contributed by atoms with Crippen LogP contribution in [0.5, 0.6) is 0 Å². The second-order valence-corrected chi connectivity index (χ2v) is 6.88. The molecule has 19 heavy (non-hydrogen) atoms. The minimum absolute atomic E-state index is 0.0114. The fourth-order valence-electron chi connectivity index (χ4n) is 2.42. The molecule has 1 saturated heterocycles. The molecule has 1 N–H and O–H groups in total. The van der Waals surface area contributed by atoms with E-state index >= 15 is 0 Å². The molecule has 0 aromatic carbocycles. The van der Waals surface area contributed by atoms with E-state index < -0.39 is 22.9 Å². The Morgan fingerprint density at radius 3 is 2.47 bits per heavy atom. The van der Waals surface area contributed by atoms with E-state index in [1.807, 2.05) is 20.8 Å². The molecule has 1 aliphatic heterocycles. The van der Waals surface area contributed by atoms with Crippen molar-refractivity contribution in [3.63, 3.8) is 0 Å². The van der Waals surface area contributed by atoms with Gasteiger partial charge in [-0.1, -0.05) is 20.8 Å². The predicted octanol–water partition coefficient (Wildman–Crippen LogP) is 0.517. The summed E-state index contributed by atoms with van der Waals surface area (Å²) in [6.45, 7) is 6.27. The Bertz CT molecular complexity index is 371. The fraction of sp³-hybridized carbons (Fsp3) is 0.846. The Balaban J connectivity index is 2.80. The van der Waals surface area contributed by atoms with Gasteiger partial charge >= 0.3 is 0 Å². The Labute approximate surface area is 117 Å². The van der Waals surface area contributed by atoms with Gasteiger partial charge in [0.1, 0.15) is 12.1 Å². The number of carbonyl (C=O) groups is 2. The molecule has 6 heteroatoms. The molecule has 2 amide bonds. The predicted molar refractivity (Wildman–Crippen MR) is 76.1 cm³/mol. The van der Waals surface area contributed by atoms with Gasteiger partial charge in [0.2, 0.25) is 11.8 Å². The van der Waals surface area contributed by atoms with Crippen molar-refractivity contribution < 1.29 is 13.8 Å². The van der Waals surface area contributed by atoms with Crippen LogP contribution in [0.2, 0.25) is 0 Å². The monoisotopic (exact) mass is 288 g/mol. The molecule has 1 fully saturated rings. The molecule has 1 rings (SSSR count). The molecule has 0 aromatic heterocycles. The summed E-state index contributed by atoms with van der Waals surface area (Å²) < 4.78 is 11.1. The maximum absolute atomic E-state index is 12.3. The summed E-state index contributed by atoms with van der Waals surface area (Å²) in [6.07, 6.45) is 2.92. The van der Waals surface area contributed by atoms with Crippen LogP contribution in [0.15, 0.2) is 0 Å². The lowest BCUT2D eigenvalue weighted by molar-refractivity contribution is -0.151. The molecular formula is C13H24N2O3S. The molecule has 110 valence electrons. The molecule has 0 bridgehead atoms. The van der Waals surface area contributed by atoms with E-state index in [-0.39, 0.29) is 17.7 Å². The summed E-state index contributed by atoms with van der Waals surface area (Å²) in [5.41, 5.74) is 0. The molecule has 3 atom stereocenters. The first-order chi connectivity index (χ1) is 8.88. The number of piperazine rings is 1. The normalized spacial score (nSPS) is 25.6. The number of nitrogens with zero attached hydrogens (tertiary/aromatic N) is 1. The van der Waals surface area contributed by atoms with Crippen molar-refractivity contribution >= 4 is 22.6 Å². The third kappa shape index (κ3) is 4.03. The third-order valence-corrected chi connectivity index (χ3v) is 4.24. The molecule has 3 unspecified atom stereocenters. The summed E-state index contributed by atoms with van der Waals surface area (Å²) in [4.78, 5) is 26.1. The second kappa shape index (κ2) is 7.03. The summed E-state index contributed by atoms with van der Waals surface area (Å²) in [6, 6.07) is -0.810. The van der Waals surface area contributed by atoms with Crippen LogP contribution < -0.4 is 5.32 Å². The number of hydrogen-bond acceptors (Lipinski definition) is 3. The van der Waals surface area contributed by atoms with Crippen LogP contribution in [0.3, 0.4) is 0 Å². The van der Waals surface area contributed by atoms with E-state index in [1.165, 1.54) is 0 Å². The van der Waals surface area contributed by atoms with Gasteiger partial charge in [-0.3, -0.25) is 13.8 Å². The average molecular weight is 288 g/mol. The zero-order valence-corrected chi connectivity index (χ0v) is 13.0. The maximum Gasteiger partial charge on any atom is 0.245 e. The summed E-state index contributed by atoms with van der Waals surface area (Å²) in [7, 11) is -0.861. The van der Waals surface area contributed by atoms with Crippen LogP contribution in [0.4, 0.5) is 0 Å². The van der Waals surface area contributed by atoms with Crippen LogP contribution in [-0.4, -0.2) is 51.6 Å². The molecule has 1 aliphatic rings. The van der Waals surface area contributed by atoms with Crippen molar-refractivity contribution in [3.05, 3.63) is 0 Å². The van der Waals surface area contributed by atoms with Gasteiger partial charge in [-0.25, -0.2) is 0 Å². The second-order valence-electron chi connectivity index (χ2n) is 5.32. The minimum Gasteiger partial charge on any atom is -0.343 e. The number of nitrogens with one attached hydrogen (secondary N) is 1. The maximum atomic E-state index is 12.3. The van der Waals surface area contributed by atoms with Gasteiger partial charge in [0, 0.05) is 29.4 Å². The van der Waals surface area contributed by atoms with Crippen molar-refractivity contribution in [1.82, 2.24) is 10.2 Å². The number of rotatable bonds is 6. The van der Waals surface area contributed by atoms with Gasteiger partial charge in [-0.2, -0.15) is 0 Å². The van der Waals surface area contributed by atoms with Crippen LogP contribution >= 0.6 is 0 Å². The Morgan fingerprint density at radius 1 is 1.37 bits per heavy atom. The molecular weight excluding hydrogens is 264 g/mol. The fourth-order valence-corrected chi connectivity index (χ4v) is 2.96. The molecule has 0 aromatic rings. The van der Waals surface area contributed by atoms with Crippen LogP contribution in [0, 0.1) is 5.92 Å². The number of amides is 2. The zero-order valence-electron chi connectivity index (χ0n) is 12.1. The molecule has 0 saturated carbocycles. The first kappa shape index (κ1) is 16.1. The van der Waals surface area contributed by atoms with Crippen molar-refractivity contribution in [1.29, 1.82) is 0 Å². The molecule has 5 nitrogen and oxygen atoms in total. The molecule has 0 spiro atoms. The first-order valence-corrected chi connectivity index (χ1v) is 8.52. The van der Waals surface area contributed by atoms with E-state index in [1.54, 1.807) is 11.2 Å². The van der Waals surface area contributed by atoms with Gasteiger partial charge in [0.25, 0.3) is 0 Å². The van der Waals surface area contributed by atoms with Crippen molar-refractivity contribution in [2.45, 2.75) is 45.7 Å². The number of carbonyl (C=O) groups excluding carboxylic acids is 2. The molecule has 0 aliphatic carbocycles. The lowest BCUT2D eigenvalue weighted by Crippen LogP contribution is -2.64. The van der Waals surface area contributed by atoms with Crippen LogP contribution in [0.25, 0.3) is 0 Å². The summed E-state index contributed by atoms with van der Waals surface area (Å²) in [5.74, 6) is 0.558. The lowest BCUT2D eigenvalue weighted by Gasteiger charge is -2.40. The molecule has 0 radical (unpaired) electrons. The van der Waals surface area contributed by atoms with Gasteiger partial charge < -0.3 is 10.2 Å². The van der Waals surface area contributed by atoms with Crippen LogP contribution in [-0.2, 0) is 20.4 Å².